The van der Waals surface area contributed by atoms with Gasteiger partial charge in [-0.05, 0) is 30.0 Å². The lowest BCUT2D eigenvalue weighted by Crippen LogP contribution is -2.60. The molecule has 2 aliphatic rings. The highest BCUT2D eigenvalue weighted by Gasteiger charge is 2.43. The number of halogens is 1. The summed E-state index contributed by atoms with van der Waals surface area (Å²) < 4.78 is 0. The molecular formula is C22H24ClN5O2. The monoisotopic (exact) mass is 425 g/mol. The van der Waals surface area contributed by atoms with E-state index in [-0.39, 0.29) is 24.2 Å². The molecule has 3 N–H and O–H groups in total. The Morgan fingerprint density at radius 3 is 2.13 bits per heavy atom. The smallest absolute Gasteiger partial charge is 0.275 e. The molecule has 7 nitrogen and oxygen atoms in total. The van der Waals surface area contributed by atoms with Crippen LogP contribution < -0.4 is 5.73 Å². The fourth-order valence-electron chi connectivity index (χ4n) is 4.50. The number of hydrogen-bond donors (Lipinski definition) is 2. The number of benzene rings is 2. The zero-order chi connectivity index (χ0) is 20.0. The molecule has 1 saturated heterocycles. The molecule has 30 heavy (non-hydrogen) atoms. The first kappa shape index (κ1) is 20.4. The summed E-state index contributed by atoms with van der Waals surface area (Å²) >= 11 is 0. The van der Waals surface area contributed by atoms with E-state index in [1.54, 1.807) is 9.80 Å². The Bertz CT molecular complexity index is 1080. The molecule has 5 rings (SSSR count). The molecule has 156 valence electrons. The van der Waals surface area contributed by atoms with Gasteiger partial charge in [0.25, 0.3) is 5.91 Å². The molecule has 0 spiro atoms. The molecule has 1 aromatic heterocycles. The Morgan fingerprint density at radius 2 is 1.47 bits per heavy atom. The Morgan fingerprint density at radius 1 is 0.900 bits per heavy atom. The van der Waals surface area contributed by atoms with Gasteiger partial charge >= 0.3 is 0 Å². The normalized spacial score (nSPS) is 17.5. The van der Waals surface area contributed by atoms with Crippen LogP contribution >= 0.6 is 12.4 Å². The van der Waals surface area contributed by atoms with Crippen LogP contribution in [0.15, 0.2) is 48.5 Å². The molecule has 0 unspecified atom stereocenters. The Labute approximate surface area is 180 Å². The van der Waals surface area contributed by atoms with Gasteiger partial charge in [-0.25, -0.2) is 0 Å². The number of rotatable bonds is 2. The lowest BCUT2D eigenvalue weighted by Gasteiger charge is -2.38. The quantitative estimate of drug-likeness (QED) is 0.654. The number of aromatic nitrogens is 2. The van der Waals surface area contributed by atoms with Crippen molar-refractivity contribution in [3.8, 4) is 0 Å². The first-order valence-corrected chi connectivity index (χ1v) is 9.93. The molecule has 1 aliphatic carbocycles. The van der Waals surface area contributed by atoms with E-state index in [2.05, 4.69) is 10.2 Å². The average Bonchev–Trinajstić information content (AvgIpc) is 3.34. The number of hydrogen-bond acceptors (Lipinski definition) is 4. The van der Waals surface area contributed by atoms with Crippen molar-refractivity contribution in [3.63, 3.8) is 0 Å². The third kappa shape index (κ3) is 3.34. The van der Waals surface area contributed by atoms with Crippen LogP contribution in [0, 0.1) is 0 Å². The van der Waals surface area contributed by atoms with Crippen molar-refractivity contribution in [2.24, 2.45) is 5.73 Å². The standard InChI is InChI=1S/C22H23N5O2.ClH/c23-22(13-15-5-1-2-6-16(15)14-22)21(29)27-11-9-26(10-12-27)20(28)19-17-7-3-4-8-18(17)24-25-19;/h1-8H,9-14,23H2,(H,24,25);1H. The Hall–Kier alpha value is -2.90. The van der Waals surface area contributed by atoms with Crippen LogP contribution in [0.5, 0.6) is 0 Å². The first-order valence-electron chi connectivity index (χ1n) is 9.93. The van der Waals surface area contributed by atoms with E-state index in [1.807, 2.05) is 48.5 Å². The van der Waals surface area contributed by atoms with Crippen molar-refractivity contribution >= 4 is 35.1 Å². The highest BCUT2D eigenvalue weighted by molar-refractivity contribution is 6.04. The van der Waals surface area contributed by atoms with Crippen molar-refractivity contribution in [1.29, 1.82) is 0 Å². The number of aromatic amines is 1. The number of fused-ring (bicyclic) bond motifs is 2. The van der Waals surface area contributed by atoms with E-state index in [4.69, 9.17) is 5.73 Å². The first-order chi connectivity index (χ1) is 14.0. The molecule has 2 amide bonds. The van der Waals surface area contributed by atoms with Crippen LogP contribution in [0.1, 0.15) is 21.6 Å². The Balaban J connectivity index is 0.00000218. The van der Waals surface area contributed by atoms with Crippen molar-refractivity contribution in [2.45, 2.75) is 18.4 Å². The number of H-pyrrole nitrogens is 1. The van der Waals surface area contributed by atoms with Crippen LogP contribution in [0.25, 0.3) is 10.9 Å². The van der Waals surface area contributed by atoms with E-state index in [0.29, 0.717) is 44.7 Å². The molecule has 0 saturated carbocycles. The molecule has 3 aromatic rings. The summed E-state index contributed by atoms with van der Waals surface area (Å²) in [5.41, 5.74) is 9.24. The van der Waals surface area contributed by atoms with Crippen LogP contribution in [0.2, 0.25) is 0 Å². The van der Waals surface area contributed by atoms with E-state index in [0.717, 1.165) is 22.0 Å². The molecule has 1 aliphatic heterocycles. The predicted octanol–water partition coefficient (Wildman–Crippen LogP) is 1.77. The lowest BCUT2D eigenvalue weighted by atomic mass is 9.94. The van der Waals surface area contributed by atoms with E-state index < -0.39 is 5.54 Å². The Kier molecular flexibility index (Phi) is 5.26. The van der Waals surface area contributed by atoms with E-state index in [9.17, 15) is 9.59 Å². The second kappa shape index (κ2) is 7.74. The van der Waals surface area contributed by atoms with Crippen molar-refractivity contribution in [2.75, 3.05) is 26.2 Å². The maximum absolute atomic E-state index is 13.2. The number of piperazine rings is 1. The third-order valence-corrected chi connectivity index (χ3v) is 6.08. The van der Waals surface area contributed by atoms with Gasteiger partial charge in [0.1, 0.15) is 5.54 Å². The highest BCUT2D eigenvalue weighted by Crippen LogP contribution is 2.30. The maximum atomic E-state index is 13.2. The fraction of sp³-hybridized carbons (Fsp3) is 0.318. The summed E-state index contributed by atoms with van der Waals surface area (Å²) in [5.74, 6) is -0.128. The topological polar surface area (TPSA) is 95.3 Å². The van der Waals surface area contributed by atoms with E-state index >= 15 is 0 Å². The third-order valence-electron chi connectivity index (χ3n) is 6.08. The summed E-state index contributed by atoms with van der Waals surface area (Å²) in [4.78, 5) is 29.7. The number of nitrogens with zero attached hydrogens (tertiary/aromatic N) is 3. The molecular weight excluding hydrogens is 402 g/mol. The van der Waals surface area contributed by atoms with Gasteiger partial charge in [0.2, 0.25) is 5.91 Å². The van der Waals surface area contributed by atoms with Gasteiger partial charge in [0.05, 0.1) is 5.52 Å². The molecule has 8 heteroatoms. The van der Waals surface area contributed by atoms with Gasteiger partial charge in [0.15, 0.2) is 5.69 Å². The summed E-state index contributed by atoms with van der Waals surface area (Å²) in [7, 11) is 0. The van der Waals surface area contributed by atoms with Gasteiger partial charge in [-0.1, -0.05) is 42.5 Å². The number of nitrogens with two attached hydrogens (primary N) is 1. The molecule has 1 fully saturated rings. The summed E-state index contributed by atoms with van der Waals surface area (Å²) in [5, 5.41) is 7.93. The van der Waals surface area contributed by atoms with Gasteiger partial charge in [0, 0.05) is 31.6 Å². The van der Waals surface area contributed by atoms with Crippen molar-refractivity contribution in [3.05, 3.63) is 65.4 Å². The van der Waals surface area contributed by atoms with Crippen molar-refractivity contribution < 1.29 is 9.59 Å². The molecule has 0 bridgehead atoms. The van der Waals surface area contributed by atoms with Gasteiger partial charge < -0.3 is 15.5 Å². The fourth-order valence-corrected chi connectivity index (χ4v) is 4.50. The van der Waals surface area contributed by atoms with Crippen molar-refractivity contribution in [1.82, 2.24) is 20.0 Å². The largest absolute Gasteiger partial charge is 0.338 e. The average molecular weight is 426 g/mol. The maximum Gasteiger partial charge on any atom is 0.275 e. The summed E-state index contributed by atoms with van der Waals surface area (Å²) in [6, 6.07) is 15.6. The number of para-hydroxylation sites is 1. The summed E-state index contributed by atoms with van der Waals surface area (Å²) in [6.07, 6.45) is 1.14. The highest BCUT2D eigenvalue weighted by atomic mass is 35.5. The van der Waals surface area contributed by atoms with Gasteiger partial charge in [-0.15, -0.1) is 12.4 Å². The number of carbonyl (C=O) groups excluding carboxylic acids is 2. The van der Waals surface area contributed by atoms with Gasteiger partial charge in [-0.3, -0.25) is 14.7 Å². The minimum atomic E-state index is -0.881. The van der Waals surface area contributed by atoms with Crippen LogP contribution in [-0.2, 0) is 17.6 Å². The van der Waals surface area contributed by atoms with Crippen LogP contribution in [-0.4, -0.2) is 63.5 Å². The molecule has 0 radical (unpaired) electrons. The number of nitrogens with one attached hydrogen (secondary N) is 1. The summed E-state index contributed by atoms with van der Waals surface area (Å²) in [6.45, 7) is 1.94. The second-order valence-corrected chi connectivity index (χ2v) is 7.98. The zero-order valence-electron chi connectivity index (χ0n) is 16.5. The minimum Gasteiger partial charge on any atom is -0.338 e. The zero-order valence-corrected chi connectivity index (χ0v) is 17.3. The predicted molar refractivity (Wildman–Crippen MR) is 117 cm³/mol. The van der Waals surface area contributed by atoms with Crippen LogP contribution in [0.4, 0.5) is 0 Å². The lowest BCUT2D eigenvalue weighted by molar-refractivity contribution is -0.138. The minimum absolute atomic E-state index is 0. The second-order valence-electron chi connectivity index (χ2n) is 7.98. The molecule has 0 atom stereocenters. The molecule has 2 aromatic carbocycles. The number of carbonyl (C=O) groups is 2. The van der Waals surface area contributed by atoms with E-state index in [1.165, 1.54) is 0 Å². The van der Waals surface area contributed by atoms with Crippen LogP contribution in [0.3, 0.4) is 0 Å². The SMILES string of the molecule is Cl.NC1(C(=O)N2CCN(C(=O)c3n[nH]c4ccccc34)CC2)Cc2ccccc2C1. The number of amides is 2. The van der Waals surface area contributed by atoms with Gasteiger partial charge in [-0.2, -0.15) is 5.10 Å². The molecule has 2 heterocycles.